The minimum absolute atomic E-state index is 0.486. The van der Waals surface area contributed by atoms with Gasteiger partial charge in [0.15, 0.2) is 0 Å². The first-order valence-electron chi connectivity index (χ1n) is 10.3. The van der Waals surface area contributed by atoms with E-state index in [4.69, 9.17) is 0 Å². The lowest BCUT2D eigenvalue weighted by molar-refractivity contribution is 0.317. The number of anilines is 1. The fourth-order valence-corrected chi connectivity index (χ4v) is 4.33. The molecule has 0 saturated carbocycles. The van der Waals surface area contributed by atoms with Gasteiger partial charge in [0.1, 0.15) is 23.3 Å². The number of hydrogen-bond acceptors (Lipinski definition) is 6. The van der Waals surface area contributed by atoms with Crippen molar-refractivity contribution in [3.63, 3.8) is 0 Å². The molecule has 2 saturated heterocycles. The molecule has 4 rings (SSSR count). The number of aryl methyl sites for hydroxylation is 2. The predicted molar refractivity (Wildman–Crippen MR) is 106 cm³/mol. The highest BCUT2D eigenvalue weighted by Gasteiger charge is 2.26. The minimum atomic E-state index is 0.486. The van der Waals surface area contributed by atoms with Crippen LogP contribution in [0.3, 0.4) is 0 Å². The maximum atomic E-state index is 4.66. The maximum absolute atomic E-state index is 4.66. The Hall–Kier alpha value is -2.02. The smallest absolute Gasteiger partial charge is 0.146 e. The van der Waals surface area contributed by atoms with Crippen LogP contribution < -0.4 is 4.90 Å². The van der Waals surface area contributed by atoms with E-state index in [-0.39, 0.29) is 0 Å². The summed E-state index contributed by atoms with van der Waals surface area (Å²) in [6.07, 6.45) is 5.77. The van der Waals surface area contributed by atoms with Crippen LogP contribution in [0.25, 0.3) is 0 Å². The number of hydrogen-bond donors (Lipinski definition) is 0. The monoisotopic (exact) mass is 369 g/mol. The van der Waals surface area contributed by atoms with Gasteiger partial charge in [-0.05, 0) is 52.1 Å². The Morgan fingerprint density at radius 2 is 1.78 bits per heavy atom. The minimum Gasteiger partial charge on any atom is -0.356 e. The van der Waals surface area contributed by atoms with Crippen LogP contribution >= 0.6 is 0 Å². The van der Waals surface area contributed by atoms with Gasteiger partial charge in [-0.3, -0.25) is 4.90 Å². The molecule has 2 aromatic rings. The second-order valence-corrected chi connectivity index (χ2v) is 7.90. The molecule has 2 aromatic heterocycles. The summed E-state index contributed by atoms with van der Waals surface area (Å²) in [6.45, 7) is 9.47. The van der Waals surface area contributed by atoms with E-state index in [1.807, 2.05) is 6.92 Å². The van der Waals surface area contributed by atoms with Crippen molar-refractivity contribution in [1.29, 1.82) is 0 Å². The molecule has 0 spiro atoms. The van der Waals surface area contributed by atoms with Gasteiger partial charge >= 0.3 is 0 Å². The molecule has 0 aromatic carbocycles. The van der Waals surface area contributed by atoms with E-state index in [0.717, 1.165) is 67.9 Å². The van der Waals surface area contributed by atoms with E-state index < -0.39 is 0 Å². The lowest BCUT2D eigenvalue weighted by Crippen LogP contribution is -2.34. The van der Waals surface area contributed by atoms with Crippen LogP contribution in [0.15, 0.2) is 6.07 Å². The second-order valence-electron chi connectivity index (χ2n) is 7.90. The summed E-state index contributed by atoms with van der Waals surface area (Å²) >= 11 is 0. The van der Waals surface area contributed by atoms with Crippen LogP contribution in [0.5, 0.6) is 0 Å². The van der Waals surface area contributed by atoms with Crippen molar-refractivity contribution >= 4 is 5.82 Å². The SMILES string of the molecule is CCc1cc(N2CCC(c3nnc(CN4CCCC4)n3C)CC2)nc(C)n1. The number of nitrogens with zero attached hydrogens (tertiary/aromatic N) is 7. The average Bonchev–Trinajstić information content (AvgIpc) is 3.32. The highest BCUT2D eigenvalue weighted by atomic mass is 15.3. The van der Waals surface area contributed by atoms with Crippen molar-refractivity contribution in [2.75, 3.05) is 31.1 Å². The fraction of sp³-hybridized carbons (Fsp3) is 0.700. The average molecular weight is 370 g/mol. The van der Waals surface area contributed by atoms with Crippen molar-refractivity contribution in [3.05, 3.63) is 29.2 Å². The van der Waals surface area contributed by atoms with E-state index in [1.54, 1.807) is 0 Å². The Balaban J connectivity index is 1.40. The molecule has 0 unspecified atom stereocenters. The summed E-state index contributed by atoms with van der Waals surface area (Å²) in [5.41, 5.74) is 1.12. The van der Waals surface area contributed by atoms with Crippen molar-refractivity contribution in [3.8, 4) is 0 Å². The molecule has 0 aliphatic carbocycles. The molecule has 0 bridgehead atoms. The molecule has 27 heavy (non-hydrogen) atoms. The van der Waals surface area contributed by atoms with Crippen molar-refractivity contribution < 1.29 is 0 Å². The Morgan fingerprint density at radius 3 is 2.48 bits per heavy atom. The standard InChI is InChI=1S/C20H31N7/c1-4-17-13-18(22-15(2)21-17)27-11-7-16(8-12-27)20-24-23-19(25(20)3)14-26-9-5-6-10-26/h13,16H,4-12,14H2,1-3H3. The zero-order valence-electron chi connectivity index (χ0n) is 16.9. The van der Waals surface area contributed by atoms with Crippen molar-refractivity contribution in [2.45, 2.75) is 58.4 Å². The predicted octanol–water partition coefficient (Wildman–Crippen LogP) is 2.46. The Labute approximate surface area is 161 Å². The van der Waals surface area contributed by atoms with Gasteiger partial charge in [0.25, 0.3) is 0 Å². The molecule has 4 heterocycles. The Kier molecular flexibility index (Phi) is 5.38. The van der Waals surface area contributed by atoms with Gasteiger partial charge in [0, 0.05) is 37.8 Å². The Bertz CT molecular complexity index is 771. The molecule has 2 fully saturated rings. The summed E-state index contributed by atoms with van der Waals surface area (Å²) in [4.78, 5) is 14.0. The second kappa shape index (κ2) is 7.92. The number of piperidine rings is 1. The number of likely N-dealkylation sites (tertiary alicyclic amines) is 1. The van der Waals surface area contributed by atoms with Gasteiger partial charge < -0.3 is 9.47 Å². The van der Waals surface area contributed by atoms with Gasteiger partial charge in [-0.2, -0.15) is 0 Å². The molecule has 2 aliphatic rings. The molecular formula is C20H31N7. The lowest BCUT2D eigenvalue weighted by Gasteiger charge is -2.32. The van der Waals surface area contributed by atoms with Gasteiger partial charge in [-0.25, -0.2) is 9.97 Å². The third-order valence-electron chi connectivity index (χ3n) is 5.99. The summed E-state index contributed by atoms with van der Waals surface area (Å²) in [6, 6.07) is 2.14. The molecule has 7 heteroatoms. The van der Waals surface area contributed by atoms with Crippen molar-refractivity contribution in [1.82, 2.24) is 29.6 Å². The number of rotatable bonds is 5. The molecule has 2 aliphatic heterocycles. The van der Waals surface area contributed by atoms with Crippen LogP contribution in [0.1, 0.15) is 61.7 Å². The third-order valence-corrected chi connectivity index (χ3v) is 5.99. The zero-order chi connectivity index (χ0) is 18.8. The highest BCUT2D eigenvalue weighted by molar-refractivity contribution is 5.40. The normalized spacial score (nSPS) is 19.1. The third kappa shape index (κ3) is 3.98. The topological polar surface area (TPSA) is 63.0 Å². The van der Waals surface area contributed by atoms with Crippen molar-refractivity contribution in [2.24, 2.45) is 7.05 Å². The number of aromatic nitrogens is 5. The molecule has 0 atom stereocenters. The summed E-state index contributed by atoms with van der Waals surface area (Å²) in [7, 11) is 2.13. The maximum Gasteiger partial charge on any atom is 0.146 e. The molecular weight excluding hydrogens is 338 g/mol. The first kappa shape index (κ1) is 18.3. The van der Waals surface area contributed by atoms with Gasteiger partial charge in [-0.1, -0.05) is 6.92 Å². The molecule has 0 amide bonds. The van der Waals surface area contributed by atoms with E-state index in [0.29, 0.717) is 5.92 Å². The molecule has 146 valence electrons. The van der Waals surface area contributed by atoms with E-state index in [2.05, 4.69) is 54.6 Å². The molecule has 7 nitrogen and oxygen atoms in total. The molecule has 0 N–H and O–H groups in total. The lowest BCUT2D eigenvalue weighted by atomic mass is 9.96. The van der Waals surface area contributed by atoms with Crippen LogP contribution in [-0.2, 0) is 20.0 Å². The zero-order valence-corrected chi connectivity index (χ0v) is 16.9. The van der Waals surface area contributed by atoms with E-state index >= 15 is 0 Å². The first-order chi connectivity index (χ1) is 13.1. The summed E-state index contributed by atoms with van der Waals surface area (Å²) in [5, 5.41) is 9.07. The first-order valence-corrected chi connectivity index (χ1v) is 10.3. The van der Waals surface area contributed by atoms with Crippen LogP contribution in [0.2, 0.25) is 0 Å². The fourth-order valence-electron chi connectivity index (χ4n) is 4.33. The van der Waals surface area contributed by atoms with Crippen LogP contribution in [0.4, 0.5) is 5.82 Å². The quantitative estimate of drug-likeness (QED) is 0.807. The van der Waals surface area contributed by atoms with Gasteiger partial charge in [0.05, 0.1) is 6.54 Å². The van der Waals surface area contributed by atoms with Gasteiger partial charge in [0.2, 0.25) is 0 Å². The van der Waals surface area contributed by atoms with E-state index in [1.165, 1.54) is 25.9 Å². The highest BCUT2D eigenvalue weighted by Crippen LogP contribution is 2.29. The van der Waals surface area contributed by atoms with E-state index in [9.17, 15) is 0 Å². The van der Waals surface area contributed by atoms with Gasteiger partial charge in [-0.15, -0.1) is 10.2 Å². The van der Waals surface area contributed by atoms with Crippen LogP contribution in [0, 0.1) is 6.92 Å². The Morgan fingerprint density at radius 1 is 1.04 bits per heavy atom. The largest absolute Gasteiger partial charge is 0.356 e. The summed E-state index contributed by atoms with van der Waals surface area (Å²) in [5.74, 6) is 4.68. The molecule has 0 radical (unpaired) electrons. The van der Waals surface area contributed by atoms with Crippen LogP contribution in [-0.4, -0.2) is 55.8 Å². The summed E-state index contributed by atoms with van der Waals surface area (Å²) < 4.78 is 2.24.